The average molecular weight is 222 g/mol. The molecule has 0 bridgehead atoms. The zero-order valence-corrected chi connectivity index (χ0v) is 8.13. The van der Waals surface area contributed by atoms with Crippen LogP contribution < -0.4 is 0 Å². The van der Waals surface area contributed by atoms with E-state index in [1.807, 2.05) is 30.3 Å². The van der Waals surface area contributed by atoms with E-state index in [0.717, 1.165) is 10.9 Å². The van der Waals surface area contributed by atoms with Crippen LogP contribution in [0.3, 0.4) is 0 Å². The topological polar surface area (TPSA) is 23.8 Å². The van der Waals surface area contributed by atoms with E-state index in [0.29, 0.717) is 5.57 Å². The maximum absolute atomic E-state index is 8.56. The summed E-state index contributed by atoms with van der Waals surface area (Å²) in [6, 6.07) is 9.78. The SMILES string of the molecule is C=C(C#N)c1ccc(CBr)cc1. The van der Waals surface area contributed by atoms with Crippen molar-refractivity contribution >= 4 is 21.5 Å². The van der Waals surface area contributed by atoms with Gasteiger partial charge in [-0.25, -0.2) is 0 Å². The van der Waals surface area contributed by atoms with E-state index in [9.17, 15) is 0 Å². The molecule has 0 atom stereocenters. The molecule has 0 spiro atoms. The van der Waals surface area contributed by atoms with Crippen LogP contribution >= 0.6 is 15.9 Å². The number of benzene rings is 1. The molecule has 0 saturated carbocycles. The van der Waals surface area contributed by atoms with Crippen LogP contribution in [0.2, 0.25) is 0 Å². The van der Waals surface area contributed by atoms with Crippen LogP contribution in [0, 0.1) is 11.3 Å². The Morgan fingerprint density at radius 1 is 1.42 bits per heavy atom. The lowest BCUT2D eigenvalue weighted by molar-refractivity contribution is 1.42. The zero-order chi connectivity index (χ0) is 8.97. The van der Waals surface area contributed by atoms with Crippen molar-refractivity contribution in [2.45, 2.75) is 5.33 Å². The van der Waals surface area contributed by atoms with Gasteiger partial charge in [-0.3, -0.25) is 0 Å². The summed E-state index contributed by atoms with van der Waals surface area (Å²) in [7, 11) is 0. The smallest absolute Gasteiger partial charge is 0.0991 e. The number of alkyl halides is 1. The minimum absolute atomic E-state index is 0.510. The Balaban J connectivity index is 2.94. The van der Waals surface area contributed by atoms with E-state index < -0.39 is 0 Å². The zero-order valence-electron chi connectivity index (χ0n) is 6.55. The molecule has 12 heavy (non-hydrogen) atoms. The van der Waals surface area contributed by atoms with Crippen LogP contribution in [0.1, 0.15) is 11.1 Å². The van der Waals surface area contributed by atoms with Gasteiger partial charge in [-0.05, 0) is 11.1 Å². The van der Waals surface area contributed by atoms with Crippen LogP contribution in [0.5, 0.6) is 0 Å². The highest BCUT2D eigenvalue weighted by molar-refractivity contribution is 9.08. The number of nitrogens with zero attached hydrogens (tertiary/aromatic N) is 1. The van der Waals surface area contributed by atoms with Gasteiger partial charge in [0.2, 0.25) is 0 Å². The molecular weight excluding hydrogens is 214 g/mol. The van der Waals surface area contributed by atoms with Gasteiger partial charge in [0.25, 0.3) is 0 Å². The monoisotopic (exact) mass is 221 g/mol. The van der Waals surface area contributed by atoms with Gasteiger partial charge in [-0.15, -0.1) is 0 Å². The van der Waals surface area contributed by atoms with Gasteiger partial charge in [0, 0.05) is 5.33 Å². The normalized spacial score (nSPS) is 9.00. The van der Waals surface area contributed by atoms with Crippen LogP contribution in [-0.4, -0.2) is 0 Å². The summed E-state index contributed by atoms with van der Waals surface area (Å²) in [6.07, 6.45) is 0. The summed E-state index contributed by atoms with van der Waals surface area (Å²) < 4.78 is 0. The highest BCUT2D eigenvalue weighted by Crippen LogP contribution is 2.13. The molecule has 1 aromatic carbocycles. The van der Waals surface area contributed by atoms with Crippen molar-refractivity contribution in [1.82, 2.24) is 0 Å². The lowest BCUT2D eigenvalue weighted by Crippen LogP contribution is -1.81. The summed E-state index contributed by atoms with van der Waals surface area (Å²) in [5.74, 6) is 0. The van der Waals surface area contributed by atoms with Crippen molar-refractivity contribution in [2.24, 2.45) is 0 Å². The number of hydrogen-bond acceptors (Lipinski definition) is 1. The molecule has 0 heterocycles. The summed E-state index contributed by atoms with van der Waals surface area (Å²) in [5, 5.41) is 9.40. The van der Waals surface area contributed by atoms with E-state index in [2.05, 4.69) is 22.5 Å². The molecule has 0 N–H and O–H groups in total. The highest BCUT2D eigenvalue weighted by Gasteiger charge is 1.96. The fraction of sp³-hybridized carbons (Fsp3) is 0.100. The molecular formula is C10H8BrN. The van der Waals surface area contributed by atoms with Gasteiger partial charge in [-0.1, -0.05) is 46.8 Å². The predicted molar refractivity (Wildman–Crippen MR) is 53.7 cm³/mol. The maximum atomic E-state index is 8.56. The van der Waals surface area contributed by atoms with Crippen LogP contribution in [0.15, 0.2) is 30.8 Å². The average Bonchev–Trinajstić information content (AvgIpc) is 2.17. The van der Waals surface area contributed by atoms with Crippen molar-refractivity contribution in [3.05, 3.63) is 42.0 Å². The van der Waals surface area contributed by atoms with Crippen LogP contribution in [0.25, 0.3) is 5.57 Å². The predicted octanol–water partition coefficient (Wildman–Crippen LogP) is 3.12. The number of allylic oxidation sites excluding steroid dienone is 1. The van der Waals surface area contributed by atoms with Gasteiger partial charge < -0.3 is 0 Å². The Labute approximate surface area is 80.5 Å². The van der Waals surface area contributed by atoms with E-state index in [1.54, 1.807) is 0 Å². The molecule has 60 valence electrons. The van der Waals surface area contributed by atoms with Gasteiger partial charge in [-0.2, -0.15) is 5.26 Å². The van der Waals surface area contributed by atoms with Crippen molar-refractivity contribution in [1.29, 1.82) is 5.26 Å². The molecule has 0 saturated heterocycles. The Kier molecular flexibility index (Phi) is 3.07. The second-order valence-corrected chi connectivity index (χ2v) is 2.98. The van der Waals surface area contributed by atoms with Crippen molar-refractivity contribution < 1.29 is 0 Å². The first-order chi connectivity index (χ1) is 5.77. The highest BCUT2D eigenvalue weighted by atomic mass is 79.9. The number of hydrogen-bond donors (Lipinski definition) is 0. The molecule has 0 aliphatic rings. The first-order valence-electron chi connectivity index (χ1n) is 3.52. The maximum Gasteiger partial charge on any atom is 0.0991 e. The number of halogens is 1. The summed E-state index contributed by atoms with van der Waals surface area (Å²) in [5.41, 5.74) is 2.60. The third-order valence-corrected chi connectivity index (χ3v) is 2.24. The lowest BCUT2D eigenvalue weighted by Gasteiger charge is -1.98. The van der Waals surface area contributed by atoms with Crippen molar-refractivity contribution in [3.8, 4) is 6.07 Å². The number of nitriles is 1. The van der Waals surface area contributed by atoms with Gasteiger partial charge in [0.05, 0.1) is 11.6 Å². The van der Waals surface area contributed by atoms with Crippen molar-refractivity contribution in [3.63, 3.8) is 0 Å². The molecule has 0 unspecified atom stereocenters. The largest absolute Gasteiger partial charge is 0.192 e. The van der Waals surface area contributed by atoms with E-state index >= 15 is 0 Å². The van der Waals surface area contributed by atoms with Crippen LogP contribution in [-0.2, 0) is 5.33 Å². The minimum atomic E-state index is 0.510. The minimum Gasteiger partial charge on any atom is -0.192 e. The number of rotatable bonds is 2. The lowest BCUT2D eigenvalue weighted by atomic mass is 10.1. The van der Waals surface area contributed by atoms with Gasteiger partial charge >= 0.3 is 0 Å². The molecule has 0 amide bonds. The Morgan fingerprint density at radius 3 is 2.42 bits per heavy atom. The quantitative estimate of drug-likeness (QED) is 0.557. The molecule has 1 rings (SSSR count). The Hall–Kier alpha value is -1.07. The molecule has 1 aromatic rings. The van der Waals surface area contributed by atoms with Gasteiger partial charge in [0.15, 0.2) is 0 Å². The molecule has 0 radical (unpaired) electrons. The molecule has 0 aliphatic carbocycles. The third kappa shape index (κ3) is 1.96. The summed E-state index contributed by atoms with van der Waals surface area (Å²) in [4.78, 5) is 0. The van der Waals surface area contributed by atoms with E-state index in [-0.39, 0.29) is 0 Å². The standard InChI is InChI=1S/C10H8BrN/c1-8(7-12)10-4-2-9(6-11)3-5-10/h2-5H,1,6H2. The molecule has 2 heteroatoms. The van der Waals surface area contributed by atoms with E-state index in [4.69, 9.17) is 5.26 Å². The first-order valence-corrected chi connectivity index (χ1v) is 4.64. The summed E-state index contributed by atoms with van der Waals surface area (Å²) >= 11 is 3.35. The van der Waals surface area contributed by atoms with Gasteiger partial charge in [0.1, 0.15) is 0 Å². The molecule has 1 nitrogen and oxygen atoms in total. The third-order valence-electron chi connectivity index (χ3n) is 1.59. The fourth-order valence-corrected chi connectivity index (χ4v) is 1.23. The fourth-order valence-electron chi connectivity index (χ4n) is 0.860. The second-order valence-electron chi connectivity index (χ2n) is 2.42. The second kappa shape index (κ2) is 4.08. The first kappa shape index (κ1) is 9.02. The molecule has 0 aliphatic heterocycles. The Morgan fingerprint density at radius 2 is 2.00 bits per heavy atom. The van der Waals surface area contributed by atoms with E-state index in [1.165, 1.54) is 5.56 Å². The molecule has 0 fully saturated rings. The Bertz CT molecular complexity index is 319. The summed E-state index contributed by atoms with van der Waals surface area (Å²) in [6.45, 7) is 3.63. The molecule has 0 aromatic heterocycles. The van der Waals surface area contributed by atoms with Crippen LogP contribution in [0.4, 0.5) is 0 Å². The van der Waals surface area contributed by atoms with Crippen molar-refractivity contribution in [2.75, 3.05) is 0 Å².